The fourth-order valence-corrected chi connectivity index (χ4v) is 16.6. The van der Waals surface area contributed by atoms with Crippen LogP contribution in [0.25, 0.3) is 0 Å². The summed E-state index contributed by atoms with van der Waals surface area (Å²) in [7, 11) is 0. The van der Waals surface area contributed by atoms with Gasteiger partial charge in [0, 0.05) is 25.7 Å². The lowest BCUT2D eigenvalue weighted by Gasteiger charge is -2.72. The Kier molecular flexibility index (Phi) is 18.0. The van der Waals surface area contributed by atoms with Crippen LogP contribution >= 0.6 is 0 Å². The molecule has 3 heterocycles. The molecule has 80 heavy (non-hydrogen) atoms. The summed E-state index contributed by atoms with van der Waals surface area (Å²) < 4.78 is 54.8. The summed E-state index contributed by atoms with van der Waals surface area (Å²) >= 11 is 0. The van der Waals surface area contributed by atoms with Gasteiger partial charge in [-0.15, -0.1) is 0 Å². The fraction of sp³-hybridized carbons (Fsp3) is 0.895. The van der Waals surface area contributed by atoms with Crippen LogP contribution in [-0.4, -0.2) is 205 Å². The summed E-state index contributed by atoms with van der Waals surface area (Å²) in [6.45, 7) is 21.5. The molecule has 0 amide bonds. The van der Waals surface area contributed by atoms with E-state index in [9.17, 15) is 70.2 Å². The first-order valence-electron chi connectivity index (χ1n) is 28.5. The van der Waals surface area contributed by atoms with Crippen molar-refractivity contribution < 1.29 is 113 Å². The lowest BCUT2D eigenvalue weighted by Crippen LogP contribution is -2.72. The van der Waals surface area contributed by atoms with E-state index in [-0.39, 0.29) is 37.2 Å². The number of fused-ring (bicyclic) bond motifs is 7. The highest BCUT2D eigenvalue weighted by Gasteiger charge is 2.74. The van der Waals surface area contributed by atoms with E-state index in [1.54, 1.807) is 0 Å². The van der Waals surface area contributed by atoms with Gasteiger partial charge in [-0.2, -0.15) is 0 Å². The van der Waals surface area contributed by atoms with Crippen molar-refractivity contribution in [1.82, 2.24) is 0 Å². The second-order valence-corrected chi connectivity index (χ2v) is 27.0. The number of ether oxygens (including phenoxy) is 9. The Labute approximate surface area is 467 Å². The first kappa shape index (κ1) is 63.1. The van der Waals surface area contributed by atoms with Crippen LogP contribution in [0, 0.1) is 56.2 Å². The van der Waals surface area contributed by atoms with Gasteiger partial charge >= 0.3 is 23.9 Å². The third kappa shape index (κ3) is 10.6. The lowest BCUT2D eigenvalue weighted by atomic mass is 9.33. The minimum absolute atomic E-state index is 0.0106. The molecule has 3 saturated heterocycles. The topological polar surface area (TPSA) is 354 Å². The number of rotatable bonds is 14. The van der Waals surface area contributed by atoms with Gasteiger partial charge in [-0.1, -0.05) is 74.0 Å². The quantitative estimate of drug-likeness (QED) is 0.0508. The minimum Gasteiger partial charge on any atom is -0.479 e. The van der Waals surface area contributed by atoms with Crippen molar-refractivity contribution >= 4 is 23.9 Å². The number of carboxylic acid groups (broad SMARTS) is 1. The zero-order chi connectivity index (χ0) is 59.3. The van der Waals surface area contributed by atoms with Crippen LogP contribution in [0.2, 0.25) is 0 Å². The van der Waals surface area contributed by atoms with Gasteiger partial charge in [-0.05, 0) is 97.2 Å². The molecule has 0 aromatic rings. The van der Waals surface area contributed by atoms with E-state index in [1.807, 2.05) is 27.7 Å². The summed E-state index contributed by atoms with van der Waals surface area (Å²) in [5.41, 5.74) is -3.33. The molecular formula is C57H90O23. The SMILES string of the molecule is CC(=O)O[C@H]1[C@H](O)[C@]2(COC(=O)CC(C)C)[C@H](OC(C)=O)C[C@]3(C)C(=CC[C@@H]4[C@@]5(C)CC[C@H](O[C@@H]6O[C@H](C(=O)O)[C@@H](O[C@@H]7O[C@@H](C)[C@H](O)[C@@H](O)[C@H]7O)[C@H](O)[C@H]6O[C@@H]6O[C@H](CO)[C@H](O)[C@H](O)[C@H]6O)C(C)(C)[C@@H]5CC[C@]43C)[C@@H]2CC1(C)C. The average Bonchev–Trinajstić information content (AvgIpc) is 3.56. The Hall–Kier alpha value is -2.98. The molecule has 4 saturated carbocycles. The Balaban J connectivity index is 1.12. The maximum atomic E-state index is 13.4. The van der Waals surface area contributed by atoms with Crippen molar-refractivity contribution in [2.45, 2.75) is 251 Å². The van der Waals surface area contributed by atoms with Gasteiger partial charge in [-0.25, -0.2) is 4.79 Å². The summed E-state index contributed by atoms with van der Waals surface area (Å²) in [4.78, 5) is 52.6. The highest BCUT2D eigenvalue weighted by molar-refractivity contribution is 5.73. The molecule has 23 heteroatoms. The number of carbonyl (C=O) groups is 4. The maximum Gasteiger partial charge on any atom is 0.335 e. The van der Waals surface area contributed by atoms with Crippen molar-refractivity contribution in [1.29, 1.82) is 0 Å². The van der Waals surface area contributed by atoms with Gasteiger partial charge in [-0.3, -0.25) is 14.4 Å². The Morgan fingerprint density at radius 3 is 1.90 bits per heavy atom. The number of allylic oxidation sites excluding steroid dienone is 2. The number of carbonyl (C=O) groups excluding carboxylic acids is 3. The molecule has 456 valence electrons. The van der Waals surface area contributed by atoms with Crippen LogP contribution in [0.1, 0.15) is 134 Å². The molecule has 26 atom stereocenters. The molecule has 7 fully saturated rings. The molecule has 8 aliphatic rings. The normalized spacial score (nSPS) is 48.7. The molecule has 8 rings (SSSR count). The molecule has 0 unspecified atom stereocenters. The molecule has 0 bridgehead atoms. The molecule has 5 aliphatic carbocycles. The van der Waals surface area contributed by atoms with Crippen molar-refractivity contribution in [3.8, 4) is 0 Å². The minimum atomic E-state index is -2.06. The fourth-order valence-electron chi connectivity index (χ4n) is 16.6. The largest absolute Gasteiger partial charge is 0.479 e. The van der Waals surface area contributed by atoms with Crippen LogP contribution in [0.3, 0.4) is 0 Å². The summed E-state index contributed by atoms with van der Waals surface area (Å²) in [6, 6.07) is 0. The van der Waals surface area contributed by atoms with E-state index in [1.165, 1.54) is 20.8 Å². The number of aliphatic hydroxyl groups excluding tert-OH is 9. The molecule has 0 aromatic carbocycles. The third-order valence-electron chi connectivity index (χ3n) is 21.0. The first-order chi connectivity index (χ1) is 37.1. The molecule has 3 aliphatic heterocycles. The highest BCUT2D eigenvalue weighted by Crippen LogP contribution is 2.76. The second-order valence-electron chi connectivity index (χ2n) is 27.0. The van der Waals surface area contributed by atoms with Crippen LogP contribution in [0.4, 0.5) is 0 Å². The monoisotopic (exact) mass is 1140 g/mol. The van der Waals surface area contributed by atoms with Gasteiger partial charge in [0.05, 0.1) is 24.2 Å². The predicted molar refractivity (Wildman–Crippen MR) is 276 cm³/mol. The van der Waals surface area contributed by atoms with Crippen molar-refractivity contribution in [2.75, 3.05) is 13.2 Å². The molecular weight excluding hydrogens is 1050 g/mol. The zero-order valence-corrected chi connectivity index (χ0v) is 48.2. The van der Waals surface area contributed by atoms with Crippen molar-refractivity contribution in [3.05, 3.63) is 11.6 Å². The third-order valence-corrected chi connectivity index (χ3v) is 21.0. The van der Waals surface area contributed by atoms with Crippen LogP contribution in [0.5, 0.6) is 0 Å². The Bertz CT molecular complexity index is 2310. The first-order valence-corrected chi connectivity index (χ1v) is 28.5. The highest BCUT2D eigenvalue weighted by atomic mass is 16.8. The molecule has 0 aromatic heterocycles. The maximum absolute atomic E-state index is 13.4. The molecule has 10 N–H and O–H groups in total. The molecule has 0 spiro atoms. The average molecular weight is 1140 g/mol. The number of carboxylic acids is 1. The summed E-state index contributed by atoms with van der Waals surface area (Å²) in [5.74, 6) is -3.82. The van der Waals surface area contributed by atoms with Crippen LogP contribution < -0.4 is 0 Å². The van der Waals surface area contributed by atoms with Crippen LogP contribution in [0.15, 0.2) is 11.6 Å². The number of aliphatic carboxylic acids is 1. The zero-order valence-electron chi connectivity index (χ0n) is 48.2. The van der Waals surface area contributed by atoms with Crippen LogP contribution in [-0.2, 0) is 61.8 Å². The Morgan fingerprint density at radius 1 is 0.688 bits per heavy atom. The summed E-state index contributed by atoms with van der Waals surface area (Å²) in [5, 5.41) is 110. The summed E-state index contributed by atoms with van der Waals surface area (Å²) in [6.07, 6.45) is -24.9. The number of esters is 3. The number of hydrogen-bond acceptors (Lipinski definition) is 22. The Morgan fingerprint density at radius 2 is 1.30 bits per heavy atom. The van der Waals surface area contributed by atoms with E-state index in [2.05, 4.69) is 40.7 Å². The van der Waals surface area contributed by atoms with Crippen molar-refractivity contribution in [2.24, 2.45) is 56.2 Å². The van der Waals surface area contributed by atoms with E-state index < -0.39 is 185 Å². The van der Waals surface area contributed by atoms with E-state index >= 15 is 0 Å². The van der Waals surface area contributed by atoms with Gasteiger partial charge in [0.25, 0.3) is 0 Å². The van der Waals surface area contributed by atoms with Gasteiger partial charge in [0.15, 0.2) is 25.0 Å². The van der Waals surface area contributed by atoms with Gasteiger partial charge in [0.2, 0.25) is 0 Å². The van der Waals surface area contributed by atoms with E-state index in [4.69, 9.17) is 42.6 Å². The smallest absolute Gasteiger partial charge is 0.335 e. The van der Waals surface area contributed by atoms with E-state index in [0.717, 1.165) is 5.57 Å². The van der Waals surface area contributed by atoms with E-state index in [0.29, 0.717) is 38.5 Å². The standard InChI is InChI=1S/C57H90O23/c1-24(2)19-35(61)72-23-57-29(20-52(6,7)47(46(57)69)75-27(5)60)28-13-14-32-54(10)17-16-33(53(8,9)31(54)15-18-55(32,11)56(28,12)21-34(57)74-26(4)59)77-51-44(79-50-41(67)39(65)37(63)30(22-58)76-50)42(68)43(45(80-51)48(70)71)78-49-40(66)38(64)36(62)25(3)73-49/h13,24-25,29-34,36-47,49-51,58,62-69H,14-23H2,1-12H3,(H,70,71)/t25-,29-,30+,31-,32+,33-,34+,36-,37-,38+,39-,40+,41+,42-,43-,44+,45-,46-,47-,49-,50-,51+,54-,55+,56+,57-/m0/s1. The second kappa shape index (κ2) is 22.8. The van der Waals surface area contributed by atoms with Crippen molar-refractivity contribution in [3.63, 3.8) is 0 Å². The molecule has 23 nitrogen and oxygen atoms in total. The number of aliphatic hydroxyl groups is 9. The predicted octanol–water partition coefficient (Wildman–Crippen LogP) is 1.38. The lowest BCUT2D eigenvalue weighted by molar-refractivity contribution is -0.390. The molecule has 0 radical (unpaired) electrons. The van der Waals surface area contributed by atoms with Gasteiger partial charge in [0.1, 0.15) is 86.0 Å². The number of hydrogen-bond donors (Lipinski definition) is 10. The van der Waals surface area contributed by atoms with Gasteiger partial charge < -0.3 is 93.7 Å².